The maximum atomic E-state index is 13.1. The van der Waals surface area contributed by atoms with Gasteiger partial charge < -0.3 is 10.1 Å². The highest BCUT2D eigenvalue weighted by molar-refractivity contribution is 6.06. The van der Waals surface area contributed by atoms with Gasteiger partial charge in [-0.25, -0.2) is 4.98 Å². The Labute approximate surface area is 188 Å². The lowest BCUT2D eigenvalue weighted by Gasteiger charge is -2.12. The molecular weight excluding hydrogens is 424 g/mol. The van der Waals surface area contributed by atoms with Crippen LogP contribution in [-0.4, -0.2) is 31.8 Å². The number of amides is 1. The lowest BCUT2D eigenvalue weighted by atomic mass is 10.1. The summed E-state index contributed by atoms with van der Waals surface area (Å²) in [5, 5.41) is 23.5. The SMILES string of the molecule is CCCCCOc1ccc([N+](=O)[O-])cc1C(=O)Nc1nc2nc3ccccc3n2cc1C#N. The number of nitro groups is 1. The van der Waals surface area contributed by atoms with Crippen LogP contribution in [0.5, 0.6) is 5.75 Å². The van der Waals surface area contributed by atoms with Gasteiger partial charge >= 0.3 is 0 Å². The molecule has 0 aliphatic heterocycles. The summed E-state index contributed by atoms with van der Waals surface area (Å²) < 4.78 is 7.38. The summed E-state index contributed by atoms with van der Waals surface area (Å²) in [6.45, 7) is 2.43. The lowest BCUT2D eigenvalue weighted by molar-refractivity contribution is -0.384. The summed E-state index contributed by atoms with van der Waals surface area (Å²) in [6, 6.07) is 13.2. The largest absolute Gasteiger partial charge is 0.493 e. The first-order valence-electron chi connectivity index (χ1n) is 10.4. The van der Waals surface area contributed by atoms with Crippen LogP contribution in [0.15, 0.2) is 48.7 Å². The number of nitrogens with one attached hydrogen (secondary N) is 1. The summed E-state index contributed by atoms with van der Waals surface area (Å²) in [5.41, 5.74) is 1.33. The number of para-hydroxylation sites is 2. The molecule has 0 saturated carbocycles. The summed E-state index contributed by atoms with van der Waals surface area (Å²) in [7, 11) is 0. The van der Waals surface area contributed by atoms with Gasteiger partial charge in [0.1, 0.15) is 17.4 Å². The fourth-order valence-corrected chi connectivity index (χ4v) is 3.41. The number of nitriles is 1. The minimum absolute atomic E-state index is 0.00810. The molecule has 2 aromatic carbocycles. The van der Waals surface area contributed by atoms with Crippen molar-refractivity contribution in [1.82, 2.24) is 14.4 Å². The van der Waals surface area contributed by atoms with Gasteiger partial charge in [0.15, 0.2) is 5.82 Å². The van der Waals surface area contributed by atoms with Crippen molar-refractivity contribution in [2.24, 2.45) is 0 Å². The van der Waals surface area contributed by atoms with Gasteiger partial charge in [-0.2, -0.15) is 10.2 Å². The highest BCUT2D eigenvalue weighted by Crippen LogP contribution is 2.26. The van der Waals surface area contributed by atoms with Crippen LogP contribution in [0.3, 0.4) is 0 Å². The van der Waals surface area contributed by atoms with Crippen LogP contribution in [0.1, 0.15) is 42.1 Å². The zero-order chi connectivity index (χ0) is 23.4. The first-order chi connectivity index (χ1) is 16.0. The van der Waals surface area contributed by atoms with E-state index < -0.39 is 10.8 Å². The number of hydrogen-bond acceptors (Lipinski definition) is 7. The van der Waals surface area contributed by atoms with Gasteiger partial charge in [0.25, 0.3) is 11.6 Å². The molecule has 4 aromatic rings. The standard InChI is InChI=1S/C23H20N6O4/c1-2-3-6-11-33-20-10-9-16(29(31)32)12-17(20)22(30)26-21-15(13-24)14-28-19-8-5-4-7-18(19)25-23(28)27-21/h4-5,7-10,12,14H,2-3,6,11H2,1H3,(H,25,26,27,30). The smallest absolute Gasteiger partial charge is 0.270 e. The number of imidazole rings is 1. The number of non-ortho nitro benzene ring substituents is 1. The molecule has 2 aromatic heterocycles. The van der Waals surface area contributed by atoms with Crippen molar-refractivity contribution in [3.63, 3.8) is 0 Å². The molecule has 10 nitrogen and oxygen atoms in total. The minimum atomic E-state index is -0.673. The number of anilines is 1. The van der Waals surface area contributed by atoms with Gasteiger partial charge in [-0.15, -0.1) is 0 Å². The minimum Gasteiger partial charge on any atom is -0.493 e. The van der Waals surface area contributed by atoms with E-state index in [0.29, 0.717) is 17.9 Å². The molecule has 0 unspecified atom stereocenters. The fraction of sp³-hybridized carbons (Fsp3) is 0.217. The molecule has 0 saturated heterocycles. The number of rotatable bonds is 8. The Morgan fingerprint density at radius 3 is 2.82 bits per heavy atom. The summed E-state index contributed by atoms with van der Waals surface area (Å²) in [6.07, 6.45) is 4.30. The van der Waals surface area contributed by atoms with Crippen LogP contribution in [0.25, 0.3) is 16.8 Å². The summed E-state index contributed by atoms with van der Waals surface area (Å²) >= 11 is 0. The number of nitrogens with zero attached hydrogens (tertiary/aromatic N) is 5. The normalized spacial score (nSPS) is 10.8. The van der Waals surface area contributed by atoms with Crippen LogP contribution in [0.4, 0.5) is 11.5 Å². The number of aromatic nitrogens is 3. The average molecular weight is 444 g/mol. The molecule has 166 valence electrons. The third-order valence-corrected chi connectivity index (χ3v) is 5.08. The Balaban J connectivity index is 1.69. The van der Waals surface area contributed by atoms with Crippen molar-refractivity contribution in [1.29, 1.82) is 5.26 Å². The van der Waals surface area contributed by atoms with Gasteiger partial charge in [0.05, 0.1) is 28.1 Å². The third kappa shape index (κ3) is 4.43. The molecule has 1 amide bonds. The predicted octanol–water partition coefficient (Wildman–Crippen LogP) is 4.48. The van der Waals surface area contributed by atoms with Crippen molar-refractivity contribution < 1.29 is 14.5 Å². The molecule has 10 heteroatoms. The average Bonchev–Trinajstić information content (AvgIpc) is 3.18. The molecule has 0 bridgehead atoms. The summed E-state index contributed by atoms with van der Waals surface area (Å²) in [4.78, 5) is 32.5. The van der Waals surface area contributed by atoms with Crippen molar-refractivity contribution >= 4 is 34.2 Å². The molecule has 4 rings (SSSR count). The van der Waals surface area contributed by atoms with Gasteiger partial charge in [0, 0.05) is 18.3 Å². The third-order valence-electron chi connectivity index (χ3n) is 5.08. The van der Waals surface area contributed by atoms with E-state index in [1.807, 2.05) is 30.3 Å². The zero-order valence-corrected chi connectivity index (χ0v) is 17.8. The van der Waals surface area contributed by atoms with Gasteiger partial charge in [-0.3, -0.25) is 19.3 Å². The van der Waals surface area contributed by atoms with Gasteiger partial charge in [-0.05, 0) is 24.6 Å². The molecular formula is C23H20N6O4. The van der Waals surface area contributed by atoms with Crippen molar-refractivity contribution in [3.05, 3.63) is 69.9 Å². The van der Waals surface area contributed by atoms with Gasteiger partial charge in [-0.1, -0.05) is 31.9 Å². The second-order valence-corrected chi connectivity index (χ2v) is 7.33. The van der Waals surface area contributed by atoms with E-state index in [1.165, 1.54) is 12.1 Å². The lowest BCUT2D eigenvalue weighted by Crippen LogP contribution is -2.16. The van der Waals surface area contributed by atoms with E-state index in [2.05, 4.69) is 22.2 Å². The number of carbonyl (C=O) groups is 1. The zero-order valence-electron chi connectivity index (χ0n) is 17.8. The molecule has 33 heavy (non-hydrogen) atoms. The molecule has 0 radical (unpaired) electrons. The number of hydrogen-bond donors (Lipinski definition) is 1. The summed E-state index contributed by atoms with van der Waals surface area (Å²) in [5.74, 6) is -0.136. The number of unbranched alkanes of at least 4 members (excludes halogenated alkanes) is 2. The highest BCUT2D eigenvalue weighted by atomic mass is 16.6. The number of nitro benzene ring substituents is 1. The number of carbonyl (C=O) groups excluding carboxylic acids is 1. The second-order valence-electron chi connectivity index (χ2n) is 7.33. The monoisotopic (exact) mass is 444 g/mol. The van der Waals surface area contributed by atoms with E-state index in [4.69, 9.17) is 4.74 Å². The second kappa shape index (κ2) is 9.32. The first kappa shape index (κ1) is 21.7. The number of benzene rings is 2. The Morgan fingerprint density at radius 2 is 2.06 bits per heavy atom. The number of fused-ring (bicyclic) bond motifs is 3. The first-order valence-corrected chi connectivity index (χ1v) is 10.4. The van der Waals surface area contributed by atoms with Crippen LogP contribution >= 0.6 is 0 Å². The van der Waals surface area contributed by atoms with E-state index >= 15 is 0 Å². The van der Waals surface area contributed by atoms with E-state index in [0.717, 1.165) is 30.8 Å². The Morgan fingerprint density at radius 1 is 1.24 bits per heavy atom. The van der Waals surface area contributed by atoms with Crippen LogP contribution in [-0.2, 0) is 0 Å². The molecule has 0 fully saturated rings. The van der Waals surface area contributed by atoms with Crippen molar-refractivity contribution in [3.8, 4) is 11.8 Å². The Bertz CT molecular complexity index is 1410. The molecule has 0 spiro atoms. The molecule has 0 aliphatic rings. The van der Waals surface area contributed by atoms with Crippen LogP contribution < -0.4 is 10.1 Å². The van der Waals surface area contributed by atoms with Crippen molar-refractivity contribution in [2.45, 2.75) is 26.2 Å². The maximum absolute atomic E-state index is 13.1. The maximum Gasteiger partial charge on any atom is 0.270 e. The Hall–Kier alpha value is -4.52. The quantitative estimate of drug-likeness (QED) is 0.240. The molecule has 0 aliphatic carbocycles. The van der Waals surface area contributed by atoms with E-state index in [9.17, 15) is 20.2 Å². The van der Waals surface area contributed by atoms with E-state index in [-0.39, 0.29) is 28.4 Å². The fourth-order valence-electron chi connectivity index (χ4n) is 3.41. The molecule has 2 heterocycles. The molecule has 1 N–H and O–H groups in total. The Kier molecular flexibility index (Phi) is 6.13. The van der Waals surface area contributed by atoms with Crippen LogP contribution in [0, 0.1) is 21.4 Å². The van der Waals surface area contributed by atoms with E-state index in [1.54, 1.807) is 10.6 Å². The molecule has 0 atom stereocenters. The van der Waals surface area contributed by atoms with Crippen molar-refractivity contribution in [2.75, 3.05) is 11.9 Å². The topological polar surface area (TPSA) is 135 Å². The van der Waals surface area contributed by atoms with Crippen LogP contribution in [0.2, 0.25) is 0 Å². The number of ether oxygens (including phenoxy) is 1. The van der Waals surface area contributed by atoms with Gasteiger partial charge in [0.2, 0.25) is 5.78 Å². The predicted molar refractivity (Wildman–Crippen MR) is 121 cm³/mol. The highest BCUT2D eigenvalue weighted by Gasteiger charge is 2.20.